The number of hydrogen-bond acceptors (Lipinski definition) is 3. The SMILES string of the molecule is O=C(CNCCN1CCCCC1)Nc1ccc(Cl)cc1. The van der Waals surface area contributed by atoms with E-state index in [2.05, 4.69) is 15.5 Å². The molecule has 1 amide bonds. The second-order valence-corrected chi connectivity index (χ2v) is 5.57. The number of halogens is 1. The Balaban J connectivity index is 1.59. The fraction of sp³-hybridized carbons (Fsp3) is 0.533. The summed E-state index contributed by atoms with van der Waals surface area (Å²) in [6, 6.07) is 7.13. The minimum atomic E-state index is -0.0223. The van der Waals surface area contributed by atoms with E-state index in [1.165, 1.54) is 32.4 Å². The van der Waals surface area contributed by atoms with Crippen molar-refractivity contribution in [3.8, 4) is 0 Å². The van der Waals surface area contributed by atoms with Gasteiger partial charge in [-0.2, -0.15) is 0 Å². The molecular formula is C15H22ClN3O. The first-order valence-corrected chi connectivity index (χ1v) is 7.60. The molecule has 1 aliphatic rings. The molecular weight excluding hydrogens is 274 g/mol. The van der Waals surface area contributed by atoms with Crippen LogP contribution in [0, 0.1) is 0 Å². The first kappa shape index (κ1) is 15.3. The van der Waals surface area contributed by atoms with Crippen LogP contribution in [-0.2, 0) is 4.79 Å². The van der Waals surface area contributed by atoms with Crippen molar-refractivity contribution in [2.45, 2.75) is 19.3 Å². The van der Waals surface area contributed by atoms with Crippen molar-refractivity contribution in [1.29, 1.82) is 0 Å². The van der Waals surface area contributed by atoms with E-state index in [1.54, 1.807) is 24.3 Å². The van der Waals surface area contributed by atoms with Crippen LogP contribution >= 0.6 is 11.6 Å². The van der Waals surface area contributed by atoms with Crippen molar-refractivity contribution in [2.24, 2.45) is 0 Å². The lowest BCUT2D eigenvalue weighted by atomic mass is 10.1. The maximum absolute atomic E-state index is 11.7. The number of hydrogen-bond donors (Lipinski definition) is 2. The normalized spacial score (nSPS) is 16.1. The zero-order chi connectivity index (χ0) is 14.2. The average molecular weight is 296 g/mol. The van der Waals surface area contributed by atoms with E-state index >= 15 is 0 Å². The van der Waals surface area contributed by atoms with E-state index in [9.17, 15) is 4.79 Å². The first-order chi connectivity index (χ1) is 9.74. The topological polar surface area (TPSA) is 44.4 Å². The van der Waals surface area contributed by atoms with Crippen molar-refractivity contribution in [3.05, 3.63) is 29.3 Å². The van der Waals surface area contributed by atoms with Crippen LogP contribution in [0.3, 0.4) is 0 Å². The van der Waals surface area contributed by atoms with Gasteiger partial charge in [-0.15, -0.1) is 0 Å². The minimum absolute atomic E-state index is 0.0223. The van der Waals surface area contributed by atoms with Gasteiger partial charge in [-0.25, -0.2) is 0 Å². The zero-order valence-corrected chi connectivity index (χ0v) is 12.5. The molecule has 110 valence electrons. The van der Waals surface area contributed by atoms with Gasteiger partial charge in [-0.05, 0) is 50.2 Å². The van der Waals surface area contributed by atoms with Gasteiger partial charge in [0.05, 0.1) is 6.54 Å². The number of benzene rings is 1. The Morgan fingerprint density at radius 1 is 1.15 bits per heavy atom. The van der Waals surface area contributed by atoms with Crippen LogP contribution in [0.25, 0.3) is 0 Å². The number of nitrogens with one attached hydrogen (secondary N) is 2. The molecule has 0 aromatic heterocycles. The van der Waals surface area contributed by atoms with Gasteiger partial charge in [-0.3, -0.25) is 4.79 Å². The maximum atomic E-state index is 11.7. The summed E-state index contributed by atoms with van der Waals surface area (Å²) in [6.45, 7) is 4.61. The fourth-order valence-electron chi connectivity index (χ4n) is 2.36. The molecule has 1 aliphatic heterocycles. The molecule has 0 atom stereocenters. The van der Waals surface area contributed by atoms with Crippen molar-refractivity contribution in [2.75, 3.05) is 38.0 Å². The lowest BCUT2D eigenvalue weighted by Crippen LogP contribution is -2.38. The molecule has 1 fully saturated rings. The summed E-state index contributed by atoms with van der Waals surface area (Å²) in [6.07, 6.45) is 3.96. The van der Waals surface area contributed by atoms with Crippen LogP contribution in [0.15, 0.2) is 24.3 Å². The van der Waals surface area contributed by atoms with Crippen LogP contribution in [0.5, 0.6) is 0 Å². The number of rotatable bonds is 6. The molecule has 1 saturated heterocycles. The van der Waals surface area contributed by atoms with E-state index in [-0.39, 0.29) is 5.91 Å². The van der Waals surface area contributed by atoms with Crippen molar-refractivity contribution in [3.63, 3.8) is 0 Å². The molecule has 2 N–H and O–H groups in total. The quantitative estimate of drug-likeness (QED) is 0.792. The van der Waals surface area contributed by atoms with Gasteiger partial charge in [0, 0.05) is 23.8 Å². The highest BCUT2D eigenvalue weighted by Gasteiger charge is 2.09. The van der Waals surface area contributed by atoms with Gasteiger partial charge in [0.2, 0.25) is 5.91 Å². The summed E-state index contributed by atoms with van der Waals surface area (Å²) in [5.74, 6) is -0.0223. The van der Waals surface area contributed by atoms with Gasteiger partial charge in [0.25, 0.3) is 0 Å². The van der Waals surface area contributed by atoms with E-state index in [4.69, 9.17) is 11.6 Å². The monoisotopic (exact) mass is 295 g/mol. The Morgan fingerprint density at radius 2 is 1.85 bits per heavy atom. The molecule has 20 heavy (non-hydrogen) atoms. The average Bonchev–Trinajstić information content (AvgIpc) is 2.47. The highest BCUT2D eigenvalue weighted by Crippen LogP contribution is 2.13. The van der Waals surface area contributed by atoms with Crippen LogP contribution < -0.4 is 10.6 Å². The highest BCUT2D eigenvalue weighted by atomic mass is 35.5. The van der Waals surface area contributed by atoms with E-state index in [0.29, 0.717) is 11.6 Å². The number of piperidine rings is 1. The Labute approximate surface area is 125 Å². The Morgan fingerprint density at radius 3 is 2.55 bits per heavy atom. The molecule has 0 unspecified atom stereocenters. The first-order valence-electron chi connectivity index (χ1n) is 7.22. The van der Waals surface area contributed by atoms with Crippen molar-refractivity contribution < 1.29 is 4.79 Å². The molecule has 2 rings (SSSR count). The summed E-state index contributed by atoms with van der Waals surface area (Å²) in [5, 5.41) is 6.69. The summed E-state index contributed by atoms with van der Waals surface area (Å²) >= 11 is 5.79. The molecule has 0 bridgehead atoms. The van der Waals surface area contributed by atoms with Crippen LogP contribution in [0.4, 0.5) is 5.69 Å². The standard InChI is InChI=1S/C15H22ClN3O/c16-13-4-6-14(7-5-13)18-15(20)12-17-8-11-19-9-2-1-3-10-19/h4-7,17H,1-3,8-12H2,(H,18,20). The molecule has 0 saturated carbocycles. The van der Waals surface area contributed by atoms with Crippen molar-refractivity contribution >= 4 is 23.2 Å². The van der Waals surface area contributed by atoms with Crippen LogP contribution in [-0.4, -0.2) is 43.5 Å². The van der Waals surface area contributed by atoms with Crippen LogP contribution in [0.2, 0.25) is 5.02 Å². The number of carbonyl (C=O) groups excluding carboxylic acids is 1. The predicted molar refractivity (Wildman–Crippen MR) is 83.2 cm³/mol. The van der Waals surface area contributed by atoms with Gasteiger partial charge in [0.15, 0.2) is 0 Å². The van der Waals surface area contributed by atoms with E-state index in [0.717, 1.165) is 18.8 Å². The molecule has 5 heteroatoms. The number of amides is 1. The summed E-state index contributed by atoms with van der Waals surface area (Å²) < 4.78 is 0. The third kappa shape index (κ3) is 5.49. The van der Waals surface area contributed by atoms with Gasteiger partial charge in [0.1, 0.15) is 0 Å². The fourth-order valence-corrected chi connectivity index (χ4v) is 2.49. The van der Waals surface area contributed by atoms with Gasteiger partial charge >= 0.3 is 0 Å². The largest absolute Gasteiger partial charge is 0.325 e. The minimum Gasteiger partial charge on any atom is -0.325 e. The Hall–Kier alpha value is -1.10. The second-order valence-electron chi connectivity index (χ2n) is 5.13. The highest BCUT2D eigenvalue weighted by molar-refractivity contribution is 6.30. The van der Waals surface area contributed by atoms with E-state index < -0.39 is 0 Å². The molecule has 1 heterocycles. The lowest BCUT2D eigenvalue weighted by molar-refractivity contribution is -0.115. The predicted octanol–water partition coefficient (Wildman–Crippen LogP) is 2.35. The zero-order valence-electron chi connectivity index (χ0n) is 11.7. The number of nitrogens with zero attached hydrogens (tertiary/aromatic N) is 1. The Kier molecular flexibility index (Phi) is 6.30. The molecule has 0 spiro atoms. The third-order valence-electron chi connectivity index (χ3n) is 3.47. The molecule has 0 aliphatic carbocycles. The molecule has 0 radical (unpaired) electrons. The lowest BCUT2D eigenvalue weighted by Gasteiger charge is -2.26. The van der Waals surface area contributed by atoms with E-state index in [1.807, 2.05) is 0 Å². The number of carbonyl (C=O) groups is 1. The number of anilines is 1. The molecule has 4 nitrogen and oxygen atoms in total. The third-order valence-corrected chi connectivity index (χ3v) is 3.72. The smallest absolute Gasteiger partial charge is 0.238 e. The van der Waals surface area contributed by atoms with Crippen LogP contribution in [0.1, 0.15) is 19.3 Å². The maximum Gasteiger partial charge on any atom is 0.238 e. The van der Waals surface area contributed by atoms with Crippen molar-refractivity contribution in [1.82, 2.24) is 10.2 Å². The summed E-state index contributed by atoms with van der Waals surface area (Å²) in [7, 11) is 0. The van der Waals surface area contributed by atoms with Gasteiger partial charge < -0.3 is 15.5 Å². The summed E-state index contributed by atoms with van der Waals surface area (Å²) in [5.41, 5.74) is 0.775. The molecule has 1 aromatic rings. The number of likely N-dealkylation sites (tertiary alicyclic amines) is 1. The van der Waals surface area contributed by atoms with Gasteiger partial charge in [-0.1, -0.05) is 18.0 Å². The molecule has 1 aromatic carbocycles. The Bertz CT molecular complexity index is 416. The second kappa shape index (κ2) is 8.25. The summed E-state index contributed by atoms with van der Waals surface area (Å²) in [4.78, 5) is 14.2.